The molecule has 0 bridgehead atoms. The lowest BCUT2D eigenvalue weighted by Crippen LogP contribution is -2.35. The topological polar surface area (TPSA) is 102 Å². The Balaban J connectivity index is 2.23. The van der Waals surface area contributed by atoms with Gasteiger partial charge in [-0.1, -0.05) is 23.7 Å². The zero-order valence-corrected chi connectivity index (χ0v) is 16.3. The molecule has 2 aromatic carbocycles. The lowest BCUT2D eigenvalue weighted by Gasteiger charge is -2.15. The van der Waals surface area contributed by atoms with Crippen LogP contribution >= 0.6 is 11.6 Å². The molecule has 0 saturated carbocycles. The van der Waals surface area contributed by atoms with E-state index < -0.39 is 28.0 Å². The van der Waals surface area contributed by atoms with Gasteiger partial charge in [0.25, 0.3) is 15.9 Å². The van der Waals surface area contributed by atoms with E-state index in [-0.39, 0.29) is 16.1 Å². The van der Waals surface area contributed by atoms with Gasteiger partial charge in [0.2, 0.25) is 0 Å². The first-order chi connectivity index (χ1) is 12.7. The van der Waals surface area contributed by atoms with E-state index >= 15 is 0 Å². The Morgan fingerprint density at radius 1 is 1.11 bits per heavy atom. The minimum Gasteiger partial charge on any atom is -0.449 e. The fraction of sp³-hybridized carbons (Fsp3) is 0.222. The van der Waals surface area contributed by atoms with Crippen molar-refractivity contribution in [1.82, 2.24) is 5.32 Å². The van der Waals surface area contributed by atoms with Gasteiger partial charge in [0.05, 0.1) is 16.1 Å². The highest BCUT2D eigenvalue weighted by Crippen LogP contribution is 2.22. The number of anilines is 1. The molecule has 9 heteroatoms. The van der Waals surface area contributed by atoms with Crippen molar-refractivity contribution in [3.63, 3.8) is 0 Å². The highest BCUT2D eigenvalue weighted by molar-refractivity contribution is 7.92. The Kier molecular flexibility index (Phi) is 6.81. The van der Waals surface area contributed by atoms with Gasteiger partial charge in [0, 0.05) is 11.6 Å². The Bertz CT molecular complexity index is 929. The molecule has 0 saturated heterocycles. The second kappa shape index (κ2) is 8.88. The predicted octanol–water partition coefficient (Wildman–Crippen LogP) is 2.82. The number of hydrogen-bond acceptors (Lipinski definition) is 5. The predicted molar refractivity (Wildman–Crippen MR) is 102 cm³/mol. The van der Waals surface area contributed by atoms with Crippen LogP contribution in [0.15, 0.2) is 53.4 Å². The van der Waals surface area contributed by atoms with Gasteiger partial charge in [-0.25, -0.2) is 13.2 Å². The summed E-state index contributed by atoms with van der Waals surface area (Å²) in [6, 6.07) is 11.6. The van der Waals surface area contributed by atoms with Gasteiger partial charge in [-0.05, 0) is 50.2 Å². The molecule has 27 heavy (non-hydrogen) atoms. The Labute approximate surface area is 162 Å². The number of amides is 1. The zero-order valence-electron chi connectivity index (χ0n) is 14.7. The average molecular weight is 411 g/mol. The summed E-state index contributed by atoms with van der Waals surface area (Å²) in [7, 11) is -3.94. The Morgan fingerprint density at radius 2 is 1.74 bits per heavy atom. The van der Waals surface area contributed by atoms with Crippen LogP contribution in [-0.4, -0.2) is 32.9 Å². The summed E-state index contributed by atoms with van der Waals surface area (Å²) < 4.78 is 32.5. The van der Waals surface area contributed by atoms with Crippen molar-refractivity contribution in [2.24, 2.45) is 0 Å². The smallest absolute Gasteiger partial charge is 0.341 e. The molecule has 1 atom stereocenters. The molecule has 1 amide bonds. The minimum atomic E-state index is -3.94. The van der Waals surface area contributed by atoms with E-state index in [1.807, 2.05) is 0 Å². The Hall–Kier alpha value is -2.58. The van der Waals surface area contributed by atoms with Gasteiger partial charge >= 0.3 is 5.97 Å². The SMILES string of the molecule is CCNC(=O)[C@H](C)OC(=O)c1ccccc1NS(=O)(=O)c1ccc(Cl)cc1. The van der Waals surface area contributed by atoms with Crippen LogP contribution in [0.1, 0.15) is 24.2 Å². The van der Waals surface area contributed by atoms with E-state index in [0.717, 1.165) is 0 Å². The average Bonchev–Trinajstić information content (AvgIpc) is 2.62. The third kappa shape index (κ3) is 5.45. The number of likely N-dealkylation sites (N-methyl/N-ethyl adjacent to an activating group) is 1. The summed E-state index contributed by atoms with van der Waals surface area (Å²) in [5.74, 6) is -1.26. The van der Waals surface area contributed by atoms with E-state index in [2.05, 4.69) is 10.0 Å². The summed E-state index contributed by atoms with van der Waals surface area (Å²) in [6.07, 6.45) is -1.02. The van der Waals surface area contributed by atoms with Crippen molar-refractivity contribution in [3.05, 3.63) is 59.1 Å². The van der Waals surface area contributed by atoms with Crippen LogP contribution in [-0.2, 0) is 19.6 Å². The lowest BCUT2D eigenvalue weighted by atomic mass is 10.2. The summed E-state index contributed by atoms with van der Waals surface area (Å²) >= 11 is 5.78. The summed E-state index contributed by atoms with van der Waals surface area (Å²) in [5, 5.41) is 2.94. The third-order valence-corrected chi connectivity index (χ3v) is 5.15. The number of esters is 1. The first-order valence-corrected chi connectivity index (χ1v) is 9.97. The molecule has 2 aromatic rings. The molecule has 0 spiro atoms. The Morgan fingerprint density at radius 3 is 2.37 bits per heavy atom. The molecule has 0 aliphatic rings. The van der Waals surface area contributed by atoms with Gasteiger partial charge in [-0.2, -0.15) is 0 Å². The molecule has 0 aromatic heterocycles. The normalized spacial score (nSPS) is 12.1. The zero-order chi connectivity index (χ0) is 20.0. The number of benzene rings is 2. The number of halogens is 1. The highest BCUT2D eigenvalue weighted by atomic mass is 35.5. The fourth-order valence-electron chi connectivity index (χ4n) is 2.16. The maximum atomic E-state index is 12.5. The molecular formula is C18H19ClN2O5S. The van der Waals surface area contributed by atoms with Crippen molar-refractivity contribution in [3.8, 4) is 0 Å². The van der Waals surface area contributed by atoms with E-state index in [9.17, 15) is 18.0 Å². The summed E-state index contributed by atoms with van der Waals surface area (Å²) in [4.78, 5) is 24.1. The monoisotopic (exact) mass is 410 g/mol. The third-order valence-electron chi connectivity index (χ3n) is 3.52. The van der Waals surface area contributed by atoms with Crippen molar-refractivity contribution in [2.45, 2.75) is 24.8 Å². The molecule has 0 unspecified atom stereocenters. The van der Waals surface area contributed by atoms with Crippen molar-refractivity contribution >= 4 is 39.2 Å². The molecule has 0 radical (unpaired) electrons. The number of ether oxygens (including phenoxy) is 1. The molecule has 2 rings (SSSR count). The molecule has 7 nitrogen and oxygen atoms in total. The van der Waals surface area contributed by atoms with E-state index in [1.165, 1.54) is 43.3 Å². The number of hydrogen-bond donors (Lipinski definition) is 2. The van der Waals surface area contributed by atoms with Crippen LogP contribution < -0.4 is 10.0 Å². The second-order valence-corrected chi connectivity index (χ2v) is 7.67. The molecule has 0 fully saturated rings. The largest absolute Gasteiger partial charge is 0.449 e. The van der Waals surface area contributed by atoms with Crippen LogP contribution in [0, 0.1) is 0 Å². The van der Waals surface area contributed by atoms with Crippen molar-refractivity contribution in [2.75, 3.05) is 11.3 Å². The molecule has 144 valence electrons. The van der Waals surface area contributed by atoms with Gasteiger partial charge in [-0.3, -0.25) is 9.52 Å². The van der Waals surface area contributed by atoms with Crippen LogP contribution in [0.4, 0.5) is 5.69 Å². The quantitative estimate of drug-likeness (QED) is 0.683. The highest BCUT2D eigenvalue weighted by Gasteiger charge is 2.22. The van der Waals surface area contributed by atoms with E-state index in [1.54, 1.807) is 19.1 Å². The summed E-state index contributed by atoms with van der Waals surface area (Å²) in [6.45, 7) is 3.58. The standard InChI is InChI=1S/C18H19ClN2O5S/c1-3-20-17(22)12(2)26-18(23)15-6-4-5-7-16(15)21-27(24,25)14-10-8-13(19)9-11-14/h4-12,21H,3H2,1-2H3,(H,20,22)/t12-/m0/s1. The number of sulfonamides is 1. The molecule has 2 N–H and O–H groups in total. The summed E-state index contributed by atoms with van der Waals surface area (Å²) in [5.41, 5.74) is 0.0340. The van der Waals surface area contributed by atoms with Gasteiger partial charge in [0.15, 0.2) is 6.10 Å². The van der Waals surface area contributed by atoms with Gasteiger partial charge < -0.3 is 10.1 Å². The number of para-hydroxylation sites is 1. The van der Waals surface area contributed by atoms with E-state index in [0.29, 0.717) is 11.6 Å². The number of carbonyl (C=O) groups excluding carboxylic acids is 2. The fourth-order valence-corrected chi connectivity index (χ4v) is 3.37. The molecule has 0 heterocycles. The molecule has 0 aliphatic carbocycles. The number of nitrogens with one attached hydrogen (secondary N) is 2. The van der Waals surface area contributed by atoms with Crippen LogP contribution in [0.2, 0.25) is 5.02 Å². The first-order valence-electron chi connectivity index (χ1n) is 8.10. The lowest BCUT2D eigenvalue weighted by molar-refractivity contribution is -0.128. The molecule has 0 aliphatic heterocycles. The van der Waals surface area contributed by atoms with Crippen molar-refractivity contribution < 1.29 is 22.7 Å². The van der Waals surface area contributed by atoms with E-state index in [4.69, 9.17) is 16.3 Å². The minimum absolute atomic E-state index is 0.00816. The maximum Gasteiger partial charge on any atom is 0.341 e. The van der Waals surface area contributed by atoms with Crippen LogP contribution in [0.5, 0.6) is 0 Å². The number of rotatable bonds is 7. The van der Waals surface area contributed by atoms with Gasteiger partial charge in [-0.15, -0.1) is 0 Å². The van der Waals surface area contributed by atoms with Crippen molar-refractivity contribution in [1.29, 1.82) is 0 Å². The van der Waals surface area contributed by atoms with Crippen LogP contribution in [0.3, 0.4) is 0 Å². The maximum absolute atomic E-state index is 12.5. The number of carbonyl (C=O) groups is 2. The first kappa shape index (κ1) is 20.7. The van der Waals surface area contributed by atoms with Crippen LogP contribution in [0.25, 0.3) is 0 Å². The molecular weight excluding hydrogens is 392 g/mol. The second-order valence-electron chi connectivity index (χ2n) is 5.55. The van der Waals surface area contributed by atoms with Gasteiger partial charge in [0.1, 0.15) is 0 Å².